The van der Waals surface area contributed by atoms with Gasteiger partial charge in [-0.2, -0.15) is 0 Å². The lowest BCUT2D eigenvalue weighted by atomic mass is 10.2. The predicted octanol–water partition coefficient (Wildman–Crippen LogP) is 0.354. The number of ether oxygens (including phenoxy) is 1. The van der Waals surface area contributed by atoms with Crippen LogP contribution in [0.15, 0.2) is 0 Å². The second-order valence-electron chi connectivity index (χ2n) is 5.96. The van der Waals surface area contributed by atoms with Gasteiger partial charge in [-0.25, -0.2) is 9.59 Å². The van der Waals surface area contributed by atoms with Crippen molar-refractivity contribution in [2.45, 2.75) is 44.4 Å². The lowest BCUT2D eigenvalue weighted by Gasteiger charge is -2.26. The minimum Gasteiger partial charge on any atom is -0.480 e. The van der Waals surface area contributed by atoms with Crippen LogP contribution in [0.4, 0.5) is 4.79 Å². The first-order valence-corrected chi connectivity index (χ1v) is 7.56. The molecule has 120 valence electrons. The molecule has 0 bridgehead atoms. The zero-order valence-corrected chi connectivity index (χ0v) is 12.7. The van der Waals surface area contributed by atoms with Crippen LogP contribution in [0.1, 0.15) is 26.2 Å². The number of rotatable bonds is 5. The number of aliphatic carboxylic acids is 1. The summed E-state index contributed by atoms with van der Waals surface area (Å²) in [5, 5.41) is 12.1. The number of hydrogen-bond acceptors (Lipinski definition) is 4. The van der Waals surface area contributed by atoms with E-state index in [1.165, 1.54) is 17.7 Å². The molecule has 0 aliphatic carbocycles. The Kier molecular flexibility index (Phi) is 5.41. The van der Waals surface area contributed by atoms with Crippen LogP contribution in [0.3, 0.4) is 0 Å². The van der Waals surface area contributed by atoms with Gasteiger partial charge in [0.25, 0.3) is 0 Å². The number of carboxylic acids is 1. The molecule has 2 saturated heterocycles. The molecule has 0 aromatic heterocycles. The van der Waals surface area contributed by atoms with Gasteiger partial charge in [-0.05, 0) is 32.9 Å². The van der Waals surface area contributed by atoms with Crippen molar-refractivity contribution in [3.63, 3.8) is 0 Å². The quantitative estimate of drug-likeness (QED) is 0.766. The Labute approximate surface area is 125 Å². The summed E-state index contributed by atoms with van der Waals surface area (Å²) in [4.78, 5) is 27.2. The molecular weight excluding hydrogens is 274 g/mol. The summed E-state index contributed by atoms with van der Waals surface area (Å²) >= 11 is 0. The number of nitrogens with zero attached hydrogens (tertiary/aromatic N) is 2. The van der Waals surface area contributed by atoms with Gasteiger partial charge in [0.05, 0.1) is 6.10 Å². The van der Waals surface area contributed by atoms with E-state index < -0.39 is 12.0 Å². The van der Waals surface area contributed by atoms with Crippen LogP contribution < -0.4 is 5.32 Å². The summed E-state index contributed by atoms with van der Waals surface area (Å²) in [5.41, 5.74) is 0. The molecule has 3 atom stereocenters. The normalized spacial score (nSPS) is 27.8. The summed E-state index contributed by atoms with van der Waals surface area (Å²) < 4.78 is 5.19. The van der Waals surface area contributed by atoms with Gasteiger partial charge in [-0.3, -0.25) is 0 Å². The second kappa shape index (κ2) is 7.09. The fraction of sp³-hybridized carbons (Fsp3) is 0.857. The van der Waals surface area contributed by atoms with Crippen molar-refractivity contribution in [3.8, 4) is 0 Å². The first-order chi connectivity index (χ1) is 10.0. The van der Waals surface area contributed by atoms with E-state index in [1.54, 1.807) is 7.11 Å². The third-order valence-electron chi connectivity index (χ3n) is 4.24. The Hall–Kier alpha value is -1.34. The molecule has 0 aromatic carbocycles. The lowest BCUT2D eigenvalue weighted by Crippen LogP contribution is -2.50. The third kappa shape index (κ3) is 4.07. The highest BCUT2D eigenvalue weighted by molar-refractivity contribution is 5.83. The third-order valence-corrected chi connectivity index (χ3v) is 4.24. The predicted molar refractivity (Wildman–Crippen MR) is 77.2 cm³/mol. The van der Waals surface area contributed by atoms with Crippen LogP contribution in [0.25, 0.3) is 0 Å². The van der Waals surface area contributed by atoms with Crippen molar-refractivity contribution in [2.24, 2.45) is 0 Å². The van der Waals surface area contributed by atoms with Crippen LogP contribution in [0.2, 0.25) is 0 Å². The minimum atomic E-state index is -0.975. The highest BCUT2D eigenvalue weighted by Crippen LogP contribution is 2.20. The van der Waals surface area contributed by atoms with Crippen molar-refractivity contribution < 1.29 is 19.4 Å². The number of carboxylic acid groups (broad SMARTS) is 1. The number of amides is 2. The van der Waals surface area contributed by atoms with E-state index >= 15 is 0 Å². The molecule has 7 heteroatoms. The second-order valence-corrected chi connectivity index (χ2v) is 5.96. The Bertz CT molecular complexity index is 384. The highest BCUT2D eigenvalue weighted by Gasteiger charge is 2.40. The van der Waals surface area contributed by atoms with Crippen molar-refractivity contribution in [3.05, 3.63) is 0 Å². The van der Waals surface area contributed by atoms with Crippen LogP contribution in [0, 0.1) is 0 Å². The molecule has 0 aromatic rings. The Balaban J connectivity index is 1.87. The zero-order valence-electron chi connectivity index (χ0n) is 12.7. The van der Waals surface area contributed by atoms with E-state index in [2.05, 4.69) is 10.2 Å². The molecule has 2 amide bonds. The van der Waals surface area contributed by atoms with Gasteiger partial charge in [0.2, 0.25) is 0 Å². The molecular formula is C14H25N3O4. The number of nitrogens with one attached hydrogen (secondary N) is 1. The fourth-order valence-electron chi connectivity index (χ4n) is 3.12. The average Bonchev–Trinajstić information content (AvgIpc) is 3.06. The largest absolute Gasteiger partial charge is 0.480 e. The van der Waals surface area contributed by atoms with Gasteiger partial charge in [-0.1, -0.05) is 0 Å². The highest BCUT2D eigenvalue weighted by atomic mass is 16.5. The average molecular weight is 299 g/mol. The first-order valence-electron chi connectivity index (χ1n) is 7.56. The van der Waals surface area contributed by atoms with Crippen molar-refractivity contribution in [1.82, 2.24) is 15.1 Å². The molecule has 0 spiro atoms. The van der Waals surface area contributed by atoms with Gasteiger partial charge < -0.3 is 25.0 Å². The number of carbonyl (C=O) groups excluding carboxylic acids is 1. The Morgan fingerprint density at radius 3 is 2.62 bits per heavy atom. The summed E-state index contributed by atoms with van der Waals surface area (Å²) in [6.07, 6.45) is 2.57. The van der Waals surface area contributed by atoms with Crippen LogP contribution in [-0.4, -0.2) is 78.4 Å². The molecule has 2 rings (SSSR count). The van der Waals surface area contributed by atoms with Gasteiger partial charge in [-0.15, -0.1) is 0 Å². The maximum atomic E-state index is 12.3. The number of methoxy groups -OCH3 is 1. The topological polar surface area (TPSA) is 82.1 Å². The fourth-order valence-corrected chi connectivity index (χ4v) is 3.12. The molecule has 2 heterocycles. The number of carbonyl (C=O) groups is 2. The molecule has 2 aliphatic heterocycles. The summed E-state index contributed by atoms with van der Waals surface area (Å²) in [6.45, 7) is 5.25. The molecule has 0 saturated carbocycles. The van der Waals surface area contributed by atoms with E-state index in [-0.39, 0.29) is 18.2 Å². The maximum Gasteiger partial charge on any atom is 0.326 e. The Morgan fingerprint density at radius 1 is 1.38 bits per heavy atom. The van der Waals surface area contributed by atoms with E-state index in [9.17, 15) is 14.7 Å². The molecule has 7 nitrogen and oxygen atoms in total. The summed E-state index contributed by atoms with van der Waals surface area (Å²) in [5.74, 6) is -0.975. The minimum absolute atomic E-state index is 0.00615. The van der Waals surface area contributed by atoms with Gasteiger partial charge in [0, 0.05) is 32.7 Å². The molecule has 2 fully saturated rings. The van der Waals surface area contributed by atoms with Crippen molar-refractivity contribution >= 4 is 12.0 Å². The smallest absolute Gasteiger partial charge is 0.326 e. The van der Waals surface area contributed by atoms with E-state index in [4.69, 9.17) is 4.74 Å². The van der Waals surface area contributed by atoms with Gasteiger partial charge in [0.1, 0.15) is 6.04 Å². The molecule has 0 radical (unpaired) electrons. The molecule has 2 N–H and O–H groups in total. The number of hydrogen-bond donors (Lipinski definition) is 2. The number of urea groups is 1. The molecule has 2 aliphatic rings. The Morgan fingerprint density at radius 2 is 2.05 bits per heavy atom. The van der Waals surface area contributed by atoms with Crippen LogP contribution in [-0.2, 0) is 9.53 Å². The summed E-state index contributed by atoms with van der Waals surface area (Å²) in [7, 11) is 1.54. The number of likely N-dealkylation sites (tertiary alicyclic amines) is 2. The zero-order chi connectivity index (χ0) is 15.4. The maximum absolute atomic E-state index is 12.3. The van der Waals surface area contributed by atoms with Gasteiger partial charge in [0.15, 0.2) is 0 Å². The van der Waals surface area contributed by atoms with E-state index in [1.807, 2.05) is 6.92 Å². The standard InChI is InChI=1S/C14H25N3O4/c1-10(8-16-5-3-4-6-16)15-14(20)17-9-11(21-2)7-12(17)13(18)19/h10-12H,3-9H2,1-2H3,(H,15,20)(H,18,19). The monoisotopic (exact) mass is 299 g/mol. The van der Waals surface area contributed by atoms with Crippen LogP contribution >= 0.6 is 0 Å². The van der Waals surface area contributed by atoms with Crippen molar-refractivity contribution in [2.75, 3.05) is 33.3 Å². The van der Waals surface area contributed by atoms with Gasteiger partial charge >= 0.3 is 12.0 Å². The van der Waals surface area contributed by atoms with Crippen molar-refractivity contribution in [1.29, 1.82) is 0 Å². The molecule has 21 heavy (non-hydrogen) atoms. The first kappa shape index (κ1) is 16.0. The summed E-state index contributed by atoms with van der Waals surface area (Å²) in [6, 6.07) is -1.10. The molecule has 3 unspecified atom stereocenters. The van der Waals surface area contributed by atoms with E-state index in [0.717, 1.165) is 19.6 Å². The van der Waals surface area contributed by atoms with Crippen LogP contribution in [0.5, 0.6) is 0 Å². The lowest BCUT2D eigenvalue weighted by molar-refractivity contribution is -0.141. The van der Waals surface area contributed by atoms with E-state index in [0.29, 0.717) is 13.0 Å². The SMILES string of the molecule is COC1CC(C(=O)O)N(C(=O)NC(C)CN2CCCC2)C1.